The van der Waals surface area contributed by atoms with E-state index >= 15 is 0 Å². The van der Waals surface area contributed by atoms with Gasteiger partial charge in [-0.3, -0.25) is 9.59 Å². The number of fused-ring (bicyclic) bond motifs is 2. The number of rotatable bonds is 6. The molecule has 0 spiro atoms. The van der Waals surface area contributed by atoms with E-state index in [1.54, 1.807) is 24.3 Å². The van der Waals surface area contributed by atoms with Gasteiger partial charge in [-0.15, -0.1) is 0 Å². The van der Waals surface area contributed by atoms with Gasteiger partial charge in [0, 0.05) is 17.2 Å². The number of hydrogen-bond acceptors (Lipinski definition) is 3. The summed E-state index contributed by atoms with van der Waals surface area (Å²) >= 11 is 0. The minimum absolute atomic E-state index is 0.0695. The highest BCUT2D eigenvalue weighted by Crippen LogP contribution is 2.48. The largest absolute Gasteiger partial charge is 0.394 e. The second kappa shape index (κ2) is 7.34. The van der Waals surface area contributed by atoms with Crippen LogP contribution in [0.1, 0.15) is 49.4 Å². The van der Waals surface area contributed by atoms with Crippen LogP contribution >= 0.6 is 0 Å². The standard InChI is InChI=1S/C19H26N2O3/c1-2-15(11-22)20-18(23)13-5-7-16(8-6-13)21-19(24)17-10-12-3-4-14(17)9-12/h5-8,12,14-15,17,22H,2-4,9-11H2,1H3,(H,20,23)(H,21,24)/t12-,14-,15-,17-/m0/s1. The summed E-state index contributed by atoms with van der Waals surface area (Å²) in [6.45, 7) is 1.84. The Morgan fingerprint density at radius 3 is 2.50 bits per heavy atom. The third-order valence-electron chi connectivity index (χ3n) is 5.54. The van der Waals surface area contributed by atoms with Crippen LogP contribution in [0.2, 0.25) is 0 Å². The van der Waals surface area contributed by atoms with Crippen LogP contribution in [-0.2, 0) is 4.79 Å². The summed E-state index contributed by atoms with van der Waals surface area (Å²) in [7, 11) is 0. The highest BCUT2D eigenvalue weighted by molar-refractivity contribution is 5.96. The third-order valence-corrected chi connectivity index (χ3v) is 5.54. The van der Waals surface area contributed by atoms with Gasteiger partial charge in [0.05, 0.1) is 12.6 Å². The highest BCUT2D eigenvalue weighted by atomic mass is 16.3. The summed E-state index contributed by atoms with van der Waals surface area (Å²) in [4.78, 5) is 24.5. The van der Waals surface area contributed by atoms with Gasteiger partial charge in [-0.2, -0.15) is 0 Å². The van der Waals surface area contributed by atoms with E-state index < -0.39 is 0 Å². The Hall–Kier alpha value is -1.88. The van der Waals surface area contributed by atoms with Crippen molar-refractivity contribution in [2.45, 2.75) is 45.1 Å². The quantitative estimate of drug-likeness (QED) is 0.750. The zero-order chi connectivity index (χ0) is 17.1. The molecule has 0 radical (unpaired) electrons. The molecule has 0 saturated heterocycles. The van der Waals surface area contributed by atoms with Gasteiger partial charge in [0.1, 0.15) is 0 Å². The molecule has 1 aromatic carbocycles. The fourth-order valence-corrected chi connectivity index (χ4v) is 4.05. The summed E-state index contributed by atoms with van der Waals surface area (Å²) < 4.78 is 0. The molecule has 2 amide bonds. The monoisotopic (exact) mass is 330 g/mol. The minimum atomic E-state index is -0.227. The number of amides is 2. The van der Waals surface area contributed by atoms with Gasteiger partial charge in [0.25, 0.3) is 5.91 Å². The van der Waals surface area contributed by atoms with Crippen LogP contribution in [0.25, 0.3) is 0 Å². The van der Waals surface area contributed by atoms with Crippen molar-refractivity contribution < 1.29 is 14.7 Å². The molecule has 24 heavy (non-hydrogen) atoms. The number of benzene rings is 1. The summed E-state index contributed by atoms with van der Waals surface area (Å²) in [6, 6.07) is 6.71. The van der Waals surface area contributed by atoms with Gasteiger partial charge in [-0.05, 0) is 61.8 Å². The zero-order valence-electron chi connectivity index (χ0n) is 14.1. The van der Waals surface area contributed by atoms with E-state index in [1.165, 1.54) is 19.3 Å². The van der Waals surface area contributed by atoms with E-state index in [9.17, 15) is 9.59 Å². The molecule has 0 heterocycles. The Kier molecular flexibility index (Phi) is 5.19. The van der Waals surface area contributed by atoms with Crippen molar-refractivity contribution in [2.24, 2.45) is 17.8 Å². The van der Waals surface area contributed by atoms with Crippen molar-refractivity contribution in [3.63, 3.8) is 0 Å². The molecule has 2 saturated carbocycles. The summed E-state index contributed by atoms with van der Waals surface area (Å²) in [5.74, 6) is 1.37. The molecule has 0 aliphatic heterocycles. The first-order valence-corrected chi connectivity index (χ1v) is 8.93. The average Bonchev–Trinajstić information content (AvgIpc) is 3.23. The van der Waals surface area contributed by atoms with Crippen LogP contribution < -0.4 is 10.6 Å². The minimum Gasteiger partial charge on any atom is -0.394 e. The maximum absolute atomic E-state index is 12.4. The van der Waals surface area contributed by atoms with Gasteiger partial charge in [0.2, 0.25) is 5.91 Å². The SMILES string of the molecule is CC[C@@H](CO)NC(=O)c1ccc(NC(=O)[C@H]2C[C@H]3CC[C@H]2C3)cc1. The molecule has 130 valence electrons. The highest BCUT2D eigenvalue weighted by Gasteiger charge is 2.42. The molecule has 1 aromatic rings. The molecular weight excluding hydrogens is 304 g/mol. The van der Waals surface area contributed by atoms with Crippen molar-refractivity contribution in [1.29, 1.82) is 0 Å². The molecule has 3 rings (SSSR count). The second-order valence-electron chi connectivity index (χ2n) is 7.11. The van der Waals surface area contributed by atoms with Crippen LogP contribution in [0, 0.1) is 17.8 Å². The lowest BCUT2D eigenvalue weighted by atomic mass is 9.88. The van der Waals surface area contributed by atoms with Crippen LogP contribution in [0.5, 0.6) is 0 Å². The van der Waals surface area contributed by atoms with Crippen LogP contribution in [0.15, 0.2) is 24.3 Å². The number of hydrogen-bond donors (Lipinski definition) is 3. The number of aliphatic hydroxyl groups excluding tert-OH is 1. The summed E-state index contributed by atoms with van der Waals surface area (Å²) in [6.07, 6.45) is 5.38. The van der Waals surface area contributed by atoms with Gasteiger partial charge in [-0.1, -0.05) is 13.3 Å². The number of anilines is 1. The number of aliphatic hydroxyl groups is 1. The van der Waals surface area contributed by atoms with Crippen molar-refractivity contribution in [3.8, 4) is 0 Å². The normalized spacial score (nSPS) is 26.2. The number of nitrogens with one attached hydrogen (secondary N) is 2. The zero-order valence-corrected chi connectivity index (χ0v) is 14.1. The molecule has 5 heteroatoms. The predicted octanol–water partition coefficient (Wildman–Crippen LogP) is 2.56. The molecule has 4 atom stereocenters. The van der Waals surface area contributed by atoms with Gasteiger partial charge in [0.15, 0.2) is 0 Å². The molecule has 2 aliphatic carbocycles. The first-order chi connectivity index (χ1) is 11.6. The smallest absolute Gasteiger partial charge is 0.251 e. The van der Waals surface area contributed by atoms with Crippen LogP contribution in [0.3, 0.4) is 0 Å². The first kappa shape index (κ1) is 17.0. The van der Waals surface area contributed by atoms with E-state index in [1.807, 2.05) is 6.92 Å². The molecule has 3 N–H and O–H groups in total. The Bertz CT molecular complexity index is 595. The van der Waals surface area contributed by atoms with Crippen molar-refractivity contribution in [1.82, 2.24) is 5.32 Å². The molecule has 0 unspecified atom stereocenters. The van der Waals surface area contributed by atoms with E-state index in [0.29, 0.717) is 17.9 Å². The summed E-state index contributed by atoms with van der Waals surface area (Å²) in [5.41, 5.74) is 1.26. The van der Waals surface area contributed by atoms with Crippen LogP contribution in [0.4, 0.5) is 5.69 Å². The first-order valence-electron chi connectivity index (χ1n) is 8.93. The van der Waals surface area contributed by atoms with Gasteiger partial charge >= 0.3 is 0 Å². The lowest BCUT2D eigenvalue weighted by molar-refractivity contribution is -0.121. The van der Waals surface area contributed by atoms with E-state index in [0.717, 1.165) is 18.0 Å². The fourth-order valence-electron chi connectivity index (χ4n) is 4.05. The third kappa shape index (κ3) is 3.61. The number of carbonyl (C=O) groups excluding carboxylic acids is 2. The Labute approximate surface area is 142 Å². The average molecular weight is 330 g/mol. The molecule has 2 bridgehead atoms. The molecule has 2 fully saturated rings. The summed E-state index contributed by atoms with van der Waals surface area (Å²) in [5, 5.41) is 14.9. The van der Waals surface area contributed by atoms with E-state index in [4.69, 9.17) is 5.11 Å². The van der Waals surface area contributed by atoms with E-state index in [-0.39, 0.29) is 30.4 Å². The van der Waals surface area contributed by atoms with Crippen molar-refractivity contribution >= 4 is 17.5 Å². The Morgan fingerprint density at radius 2 is 1.96 bits per heavy atom. The second-order valence-corrected chi connectivity index (χ2v) is 7.11. The van der Waals surface area contributed by atoms with Crippen LogP contribution in [-0.4, -0.2) is 29.6 Å². The van der Waals surface area contributed by atoms with E-state index in [2.05, 4.69) is 10.6 Å². The van der Waals surface area contributed by atoms with Crippen molar-refractivity contribution in [2.75, 3.05) is 11.9 Å². The predicted molar refractivity (Wildman–Crippen MR) is 92.6 cm³/mol. The van der Waals surface area contributed by atoms with Gasteiger partial charge < -0.3 is 15.7 Å². The molecule has 2 aliphatic rings. The van der Waals surface area contributed by atoms with Gasteiger partial charge in [-0.25, -0.2) is 0 Å². The molecule has 5 nitrogen and oxygen atoms in total. The Balaban J connectivity index is 1.56. The lowest BCUT2D eigenvalue weighted by Gasteiger charge is -2.20. The number of carbonyl (C=O) groups is 2. The van der Waals surface area contributed by atoms with Crippen molar-refractivity contribution in [3.05, 3.63) is 29.8 Å². The maximum atomic E-state index is 12.4. The topological polar surface area (TPSA) is 78.4 Å². The molecular formula is C19H26N2O3. The fraction of sp³-hybridized carbons (Fsp3) is 0.579. The molecule has 0 aromatic heterocycles. The maximum Gasteiger partial charge on any atom is 0.251 e. The Morgan fingerprint density at radius 1 is 1.21 bits per heavy atom. The lowest BCUT2D eigenvalue weighted by Crippen LogP contribution is -2.36.